The van der Waals surface area contributed by atoms with Crippen LogP contribution < -0.4 is 20.1 Å². The molecule has 192 valence electrons. The van der Waals surface area contributed by atoms with Crippen molar-refractivity contribution in [2.75, 3.05) is 5.32 Å². The summed E-state index contributed by atoms with van der Waals surface area (Å²) in [6, 6.07) is 10.4. The Morgan fingerprint density at radius 3 is 2.53 bits per heavy atom. The number of hydrogen-bond acceptors (Lipinski definition) is 6. The molecule has 2 aromatic rings. The molecule has 2 aromatic carbocycles. The third-order valence-corrected chi connectivity index (χ3v) is 8.24. The fraction of sp³-hybridized carbons (Fsp3) is 0.440. The molecule has 1 aliphatic carbocycles. The quantitative estimate of drug-likeness (QED) is 0.198. The molecule has 1 aliphatic heterocycles. The summed E-state index contributed by atoms with van der Waals surface area (Å²) in [5, 5.41) is 26.5. The first-order chi connectivity index (χ1) is 17.1. The molecule has 0 spiro atoms. The first-order valence-corrected chi connectivity index (χ1v) is 13.7. The van der Waals surface area contributed by atoms with Gasteiger partial charge in [-0.3, -0.25) is 5.32 Å². The lowest BCUT2D eigenvalue weighted by Gasteiger charge is -2.40. The Labute approximate surface area is 216 Å². The van der Waals surface area contributed by atoms with Crippen LogP contribution >= 0.6 is 11.6 Å². The third kappa shape index (κ3) is 5.93. The number of nitrogens with zero attached hydrogens (tertiary/aromatic N) is 2. The molecule has 0 saturated heterocycles. The average Bonchev–Trinajstić information content (AvgIpc) is 2.83. The van der Waals surface area contributed by atoms with E-state index in [0.717, 1.165) is 32.1 Å². The van der Waals surface area contributed by atoms with E-state index >= 15 is 0 Å². The van der Waals surface area contributed by atoms with Gasteiger partial charge in [-0.25, -0.2) is 18.1 Å². The molecule has 2 aliphatic rings. The highest BCUT2D eigenvalue weighted by Gasteiger charge is 2.43. The molecule has 1 fully saturated rings. The summed E-state index contributed by atoms with van der Waals surface area (Å²) in [5.41, 5.74) is 0.0124. The summed E-state index contributed by atoms with van der Waals surface area (Å²) in [6.45, 7) is 3.45. The molecule has 0 aromatic heterocycles. The molecule has 4 N–H and O–H groups in total. The van der Waals surface area contributed by atoms with Gasteiger partial charge in [0, 0.05) is 22.3 Å². The molecule has 1 saturated carbocycles. The Hall–Kier alpha value is -2.84. The van der Waals surface area contributed by atoms with Gasteiger partial charge in [-0.15, -0.1) is 0 Å². The summed E-state index contributed by atoms with van der Waals surface area (Å²) >= 11 is 5.96. The second kappa shape index (κ2) is 10.6. The first-order valence-electron chi connectivity index (χ1n) is 11.9. The lowest BCUT2D eigenvalue weighted by Crippen LogP contribution is -2.49. The normalized spacial score (nSPS) is 22.1. The maximum absolute atomic E-state index is 13.2. The number of hydrogen-bond donors (Lipinski definition) is 4. The minimum Gasteiger partial charge on any atom is -0.485 e. The molecule has 11 heteroatoms. The van der Waals surface area contributed by atoms with Gasteiger partial charge in [-0.1, -0.05) is 30.9 Å². The Morgan fingerprint density at radius 1 is 1.17 bits per heavy atom. The van der Waals surface area contributed by atoms with E-state index in [0.29, 0.717) is 22.0 Å². The van der Waals surface area contributed by atoms with Crippen molar-refractivity contribution < 1.29 is 18.3 Å². The van der Waals surface area contributed by atoms with Crippen molar-refractivity contribution in [2.24, 2.45) is 4.99 Å². The number of halogens is 1. The second-order valence-electron chi connectivity index (χ2n) is 9.60. The van der Waals surface area contributed by atoms with Crippen LogP contribution in [0.1, 0.15) is 57.6 Å². The first kappa shape index (κ1) is 26.2. The summed E-state index contributed by atoms with van der Waals surface area (Å²) < 4.78 is 35.1. The number of aliphatic imine (C=N–C) groups is 1. The largest absolute Gasteiger partial charge is 0.485 e. The van der Waals surface area contributed by atoms with Gasteiger partial charge in [0.15, 0.2) is 6.19 Å². The highest BCUT2D eigenvalue weighted by atomic mass is 35.5. The summed E-state index contributed by atoms with van der Waals surface area (Å²) in [5.74, 6) is 0.500. The zero-order valence-corrected chi connectivity index (χ0v) is 21.7. The predicted molar refractivity (Wildman–Crippen MR) is 138 cm³/mol. The minimum absolute atomic E-state index is 0.0722. The highest BCUT2D eigenvalue weighted by molar-refractivity contribution is 7.89. The Kier molecular flexibility index (Phi) is 7.76. The number of fused-ring (bicyclic) bond motifs is 1. The number of guanidine groups is 1. The van der Waals surface area contributed by atoms with E-state index in [1.165, 1.54) is 12.1 Å². The third-order valence-electron chi connectivity index (χ3n) is 6.47. The zero-order chi connectivity index (χ0) is 25.9. The van der Waals surface area contributed by atoms with Crippen LogP contribution in [0.4, 0.5) is 5.69 Å². The number of benzene rings is 2. The molecule has 0 amide bonds. The molecule has 9 nitrogen and oxygen atoms in total. The molecule has 0 bridgehead atoms. The summed E-state index contributed by atoms with van der Waals surface area (Å²) in [4.78, 5) is 4.67. The van der Waals surface area contributed by atoms with Crippen LogP contribution in [0.15, 0.2) is 52.4 Å². The maximum Gasteiger partial charge on any atom is 0.240 e. The van der Waals surface area contributed by atoms with Gasteiger partial charge < -0.3 is 15.2 Å². The lowest BCUT2D eigenvalue weighted by molar-refractivity contribution is -0.0568. The predicted octanol–water partition coefficient (Wildman–Crippen LogP) is 4.06. The zero-order valence-electron chi connectivity index (χ0n) is 20.2. The van der Waals surface area contributed by atoms with E-state index in [2.05, 4.69) is 20.3 Å². The van der Waals surface area contributed by atoms with Crippen molar-refractivity contribution in [2.45, 2.75) is 74.6 Å². The molecule has 1 heterocycles. The molecule has 36 heavy (non-hydrogen) atoms. The summed E-state index contributed by atoms with van der Waals surface area (Å²) in [6.07, 6.45) is 5.45. The number of ether oxygens (including phenoxy) is 1. The van der Waals surface area contributed by atoms with E-state index in [-0.39, 0.29) is 16.9 Å². The van der Waals surface area contributed by atoms with E-state index in [1.54, 1.807) is 44.2 Å². The van der Waals surface area contributed by atoms with Crippen molar-refractivity contribution in [3.05, 3.63) is 53.1 Å². The molecular formula is C25H30ClN5O4S. The molecule has 4 rings (SSSR count). The SMILES string of the molecule is CC1(C)Oc2ccc(S(=O)(=O)NC3CCCCC3)cc2C(/N=C(/NC#N)Nc2ccc(Cl)cc2)C1O. The maximum atomic E-state index is 13.2. The van der Waals surface area contributed by atoms with Gasteiger partial charge in [-0.2, -0.15) is 5.26 Å². The van der Waals surface area contributed by atoms with E-state index in [4.69, 9.17) is 16.3 Å². The average molecular weight is 532 g/mol. The summed E-state index contributed by atoms with van der Waals surface area (Å²) in [7, 11) is -3.79. The van der Waals surface area contributed by atoms with Gasteiger partial charge in [0.25, 0.3) is 0 Å². The topological polar surface area (TPSA) is 136 Å². The van der Waals surface area contributed by atoms with Crippen molar-refractivity contribution in [1.82, 2.24) is 10.0 Å². The van der Waals surface area contributed by atoms with Gasteiger partial charge in [0.1, 0.15) is 23.5 Å². The highest BCUT2D eigenvalue weighted by Crippen LogP contribution is 2.43. The number of aliphatic hydroxyl groups excluding tert-OH is 1. The van der Waals surface area contributed by atoms with Gasteiger partial charge >= 0.3 is 0 Å². The number of sulfonamides is 1. The minimum atomic E-state index is -3.79. The Bertz CT molecular complexity index is 1270. The van der Waals surface area contributed by atoms with Gasteiger partial charge in [-0.05, 0) is 69.2 Å². The van der Waals surface area contributed by atoms with Crippen LogP contribution in [0.3, 0.4) is 0 Å². The number of anilines is 1. The molecule has 2 atom stereocenters. The van der Waals surface area contributed by atoms with E-state index in [9.17, 15) is 18.8 Å². The van der Waals surface area contributed by atoms with Gasteiger partial charge in [0.05, 0.1) is 4.90 Å². The smallest absolute Gasteiger partial charge is 0.240 e. The second-order valence-corrected chi connectivity index (χ2v) is 11.7. The molecule has 2 unspecified atom stereocenters. The number of rotatable bonds is 5. The standard InChI is InChI=1S/C25H30ClN5O4S/c1-25(2)23(32)22(30-24(28-15-27)29-17-10-8-16(26)9-11-17)20-14-19(12-13-21(20)35-25)36(33,34)31-18-6-4-3-5-7-18/h8-14,18,22-23,31-32H,3-7H2,1-2H3,(H2,28,29,30). The number of aliphatic hydroxyl groups is 1. The molecular weight excluding hydrogens is 502 g/mol. The van der Waals surface area contributed by atoms with Crippen LogP contribution in [0.2, 0.25) is 5.02 Å². The van der Waals surface area contributed by atoms with Crippen LogP contribution in [0.25, 0.3) is 0 Å². The Balaban J connectivity index is 1.70. The van der Waals surface area contributed by atoms with E-state index < -0.39 is 27.8 Å². The number of nitriles is 1. The lowest BCUT2D eigenvalue weighted by atomic mass is 9.87. The number of nitrogens with one attached hydrogen (secondary N) is 3. The van der Waals surface area contributed by atoms with Crippen molar-refractivity contribution in [1.29, 1.82) is 5.26 Å². The van der Waals surface area contributed by atoms with E-state index in [1.807, 2.05) is 6.19 Å². The van der Waals surface area contributed by atoms with Gasteiger partial charge in [0.2, 0.25) is 16.0 Å². The van der Waals surface area contributed by atoms with Crippen LogP contribution in [-0.4, -0.2) is 37.2 Å². The monoisotopic (exact) mass is 531 g/mol. The van der Waals surface area contributed by atoms with Crippen molar-refractivity contribution in [3.8, 4) is 11.9 Å². The molecule has 0 radical (unpaired) electrons. The fourth-order valence-corrected chi connectivity index (χ4v) is 5.98. The van der Waals surface area contributed by atoms with Crippen LogP contribution in [0.5, 0.6) is 5.75 Å². The van der Waals surface area contributed by atoms with Crippen molar-refractivity contribution >= 4 is 33.3 Å². The van der Waals surface area contributed by atoms with Crippen LogP contribution in [0, 0.1) is 11.5 Å². The Morgan fingerprint density at radius 2 is 1.86 bits per heavy atom. The van der Waals surface area contributed by atoms with Crippen molar-refractivity contribution in [3.63, 3.8) is 0 Å². The van der Waals surface area contributed by atoms with Crippen LogP contribution in [-0.2, 0) is 10.0 Å². The fourth-order valence-electron chi connectivity index (χ4n) is 4.52.